The maximum Gasteiger partial charge on any atom is 0.342 e. The molecular formula is C12H14N4O2S. The van der Waals surface area contributed by atoms with E-state index in [2.05, 4.69) is 11.5 Å². The van der Waals surface area contributed by atoms with Crippen molar-refractivity contribution in [2.45, 2.75) is 31.6 Å². The molecule has 1 aromatic rings. The largest absolute Gasteiger partial charge is 0.389 e. The minimum Gasteiger partial charge on any atom is -0.389 e. The molecule has 4 N–H and O–H groups in total. The molecule has 7 heteroatoms. The van der Waals surface area contributed by atoms with Gasteiger partial charge in [0.2, 0.25) is 0 Å². The quantitative estimate of drug-likeness (QED) is 0.440. The summed E-state index contributed by atoms with van der Waals surface area (Å²) in [6.45, 7) is 1.76. The molecular weight excluding hydrogens is 264 g/mol. The summed E-state index contributed by atoms with van der Waals surface area (Å²) in [5.41, 5.74) is 8.16. The summed E-state index contributed by atoms with van der Waals surface area (Å²) < 4.78 is 0. The summed E-state index contributed by atoms with van der Waals surface area (Å²) >= 11 is 1.37. The molecule has 0 radical (unpaired) electrons. The van der Waals surface area contributed by atoms with Crippen LogP contribution in [0, 0.1) is 16.7 Å². The van der Waals surface area contributed by atoms with Gasteiger partial charge in [0.1, 0.15) is 17.4 Å². The maximum absolute atomic E-state index is 12.2. The smallest absolute Gasteiger partial charge is 0.342 e. The Kier molecular flexibility index (Phi) is 3.44. The van der Waals surface area contributed by atoms with E-state index in [-0.39, 0.29) is 0 Å². The zero-order valence-corrected chi connectivity index (χ0v) is 11.3. The number of rotatable bonds is 3. The topological polar surface area (TPSA) is 112 Å². The van der Waals surface area contributed by atoms with Crippen molar-refractivity contribution in [3.8, 4) is 6.07 Å². The fourth-order valence-corrected chi connectivity index (χ4v) is 3.69. The number of hydrogen-bond acceptors (Lipinski definition) is 6. The zero-order chi connectivity index (χ0) is 14.0. The van der Waals surface area contributed by atoms with Crippen LogP contribution in [-0.4, -0.2) is 12.3 Å². The third-order valence-electron chi connectivity index (χ3n) is 3.41. The van der Waals surface area contributed by atoms with Gasteiger partial charge in [0, 0.05) is 10.4 Å². The van der Waals surface area contributed by atoms with Crippen molar-refractivity contribution < 1.29 is 9.63 Å². The first-order chi connectivity index (χ1) is 9.04. The average Bonchev–Trinajstić information content (AvgIpc) is 2.72. The van der Waals surface area contributed by atoms with Gasteiger partial charge in [-0.15, -0.1) is 11.3 Å². The molecule has 1 atom stereocenters. The Balaban J connectivity index is 2.49. The van der Waals surface area contributed by atoms with Crippen LogP contribution < -0.4 is 11.2 Å². The lowest BCUT2D eigenvalue weighted by Crippen LogP contribution is -2.40. The lowest BCUT2D eigenvalue weighted by molar-refractivity contribution is -0.154. The SMILES string of the molecule is C[C@]1(C(=O)ONC=N)CCCc2sc(N)c(C#N)c21. The number of nitrogens with zero attached hydrogens (tertiary/aromatic N) is 1. The maximum atomic E-state index is 12.2. The van der Waals surface area contributed by atoms with Crippen molar-refractivity contribution >= 4 is 28.6 Å². The highest BCUT2D eigenvalue weighted by Crippen LogP contribution is 2.45. The van der Waals surface area contributed by atoms with E-state index < -0.39 is 11.4 Å². The average molecular weight is 278 g/mol. The number of nitriles is 1. The molecule has 1 aliphatic carbocycles. The van der Waals surface area contributed by atoms with Gasteiger partial charge < -0.3 is 10.6 Å². The molecule has 0 aliphatic heterocycles. The fourth-order valence-electron chi connectivity index (χ4n) is 2.50. The Morgan fingerprint density at radius 1 is 1.74 bits per heavy atom. The lowest BCUT2D eigenvalue weighted by atomic mass is 9.72. The van der Waals surface area contributed by atoms with Gasteiger partial charge in [-0.05, 0) is 26.2 Å². The molecule has 0 unspecified atom stereocenters. The van der Waals surface area contributed by atoms with E-state index in [1.54, 1.807) is 6.92 Å². The summed E-state index contributed by atoms with van der Waals surface area (Å²) in [7, 11) is 0. The highest BCUT2D eigenvalue weighted by molar-refractivity contribution is 7.16. The third-order valence-corrected chi connectivity index (χ3v) is 4.49. The van der Waals surface area contributed by atoms with Crippen LogP contribution in [0.3, 0.4) is 0 Å². The van der Waals surface area contributed by atoms with Crippen molar-refractivity contribution in [3.05, 3.63) is 16.0 Å². The molecule has 1 aromatic heterocycles. The van der Waals surface area contributed by atoms with Crippen molar-refractivity contribution in [2.75, 3.05) is 5.73 Å². The van der Waals surface area contributed by atoms with Gasteiger partial charge in [-0.25, -0.2) is 10.3 Å². The number of fused-ring (bicyclic) bond motifs is 1. The van der Waals surface area contributed by atoms with Crippen LogP contribution in [0.25, 0.3) is 0 Å². The number of hydrogen-bond donors (Lipinski definition) is 3. The molecule has 0 bridgehead atoms. The molecule has 6 nitrogen and oxygen atoms in total. The molecule has 0 amide bonds. The van der Waals surface area contributed by atoms with Gasteiger partial charge in [-0.2, -0.15) is 5.26 Å². The minimum atomic E-state index is -0.886. The van der Waals surface area contributed by atoms with Crippen molar-refractivity contribution in [1.82, 2.24) is 5.48 Å². The number of carbonyl (C=O) groups is 1. The Labute approximate surface area is 114 Å². The van der Waals surface area contributed by atoms with Crippen molar-refractivity contribution in [1.29, 1.82) is 10.7 Å². The normalized spacial score (nSPS) is 21.1. The molecule has 0 saturated heterocycles. The lowest BCUT2D eigenvalue weighted by Gasteiger charge is -2.31. The van der Waals surface area contributed by atoms with Crippen LogP contribution in [0.2, 0.25) is 0 Å². The summed E-state index contributed by atoms with van der Waals surface area (Å²) in [5.74, 6) is -0.494. The van der Waals surface area contributed by atoms with E-state index in [1.165, 1.54) is 11.3 Å². The molecule has 1 heterocycles. The number of hydroxylamine groups is 1. The number of nitrogens with one attached hydrogen (secondary N) is 2. The number of thiophene rings is 1. The van der Waals surface area contributed by atoms with Gasteiger partial charge in [-0.1, -0.05) is 0 Å². The first-order valence-corrected chi connectivity index (χ1v) is 6.63. The van der Waals surface area contributed by atoms with Crippen LogP contribution >= 0.6 is 11.3 Å². The van der Waals surface area contributed by atoms with E-state index in [9.17, 15) is 10.1 Å². The second-order valence-corrected chi connectivity index (χ2v) is 5.73. The molecule has 0 spiro atoms. The highest BCUT2D eigenvalue weighted by atomic mass is 32.1. The van der Waals surface area contributed by atoms with Gasteiger partial charge in [0.15, 0.2) is 0 Å². The number of aryl methyl sites for hydroxylation is 1. The monoisotopic (exact) mass is 278 g/mol. The van der Waals surface area contributed by atoms with E-state index in [0.29, 0.717) is 22.5 Å². The van der Waals surface area contributed by atoms with Gasteiger partial charge in [0.25, 0.3) is 0 Å². The van der Waals surface area contributed by atoms with Crippen LogP contribution in [0.4, 0.5) is 5.00 Å². The van der Waals surface area contributed by atoms with Crippen LogP contribution in [-0.2, 0) is 21.5 Å². The third kappa shape index (κ3) is 2.04. The molecule has 2 rings (SSSR count). The standard InChI is InChI=1S/C12H14N4O2S/c1-12(11(17)18-16-6-14)4-2-3-8-9(12)7(5-13)10(15)19-8/h6H,2-4,15H2,1H3,(H2,14,16)/t12-/m0/s1. The number of carbonyl (C=O) groups excluding carboxylic acids is 1. The molecule has 0 fully saturated rings. The Morgan fingerprint density at radius 3 is 3.11 bits per heavy atom. The fraction of sp³-hybridized carbons (Fsp3) is 0.417. The summed E-state index contributed by atoms with van der Waals surface area (Å²) in [5, 5.41) is 16.5. The van der Waals surface area contributed by atoms with E-state index in [1.807, 2.05) is 0 Å². The Morgan fingerprint density at radius 2 is 2.47 bits per heavy atom. The van der Waals surface area contributed by atoms with Gasteiger partial charge in [-0.3, -0.25) is 5.41 Å². The highest BCUT2D eigenvalue weighted by Gasteiger charge is 2.44. The Bertz CT molecular complexity index is 575. The van der Waals surface area contributed by atoms with E-state index in [4.69, 9.17) is 16.0 Å². The van der Waals surface area contributed by atoms with Crippen LogP contribution in [0.5, 0.6) is 0 Å². The summed E-state index contributed by atoms with van der Waals surface area (Å²) in [6.07, 6.45) is 3.06. The van der Waals surface area contributed by atoms with E-state index >= 15 is 0 Å². The number of nitrogens with two attached hydrogens (primary N) is 1. The minimum absolute atomic E-state index is 0.383. The van der Waals surface area contributed by atoms with Gasteiger partial charge in [0.05, 0.1) is 11.0 Å². The van der Waals surface area contributed by atoms with Gasteiger partial charge >= 0.3 is 5.97 Å². The molecule has 100 valence electrons. The van der Waals surface area contributed by atoms with Crippen LogP contribution in [0.1, 0.15) is 35.8 Å². The molecule has 0 aromatic carbocycles. The number of anilines is 1. The molecule has 0 saturated carbocycles. The van der Waals surface area contributed by atoms with E-state index in [0.717, 1.165) is 24.1 Å². The zero-order valence-electron chi connectivity index (χ0n) is 10.4. The first-order valence-electron chi connectivity index (χ1n) is 5.82. The second kappa shape index (κ2) is 4.90. The second-order valence-electron chi connectivity index (χ2n) is 4.59. The molecule has 1 aliphatic rings. The number of nitrogen functional groups attached to an aromatic ring is 1. The predicted molar refractivity (Wildman–Crippen MR) is 71.7 cm³/mol. The predicted octanol–water partition coefficient (Wildman–Crippen LogP) is 1.45. The van der Waals surface area contributed by atoms with Crippen LogP contribution in [0.15, 0.2) is 0 Å². The van der Waals surface area contributed by atoms with Crippen molar-refractivity contribution in [3.63, 3.8) is 0 Å². The molecule has 19 heavy (non-hydrogen) atoms. The van der Waals surface area contributed by atoms with Crippen molar-refractivity contribution in [2.24, 2.45) is 0 Å². The first kappa shape index (κ1) is 13.4. The summed E-state index contributed by atoms with van der Waals surface area (Å²) in [4.78, 5) is 18.0. The summed E-state index contributed by atoms with van der Waals surface area (Å²) in [6, 6.07) is 2.08. The Hall–Kier alpha value is -2.07.